The van der Waals surface area contributed by atoms with Crippen molar-refractivity contribution in [3.05, 3.63) is 72.8 Å². The van der Waals surface area contributed by atoms with E-state index in [2.05, 4.69) is 9.97 Å². The van der Waals surface area contributed by atoms with Crippen LogP contribution in [0.5, 0.6) is 0 Å². The van der Waals surface area contributed by atoms with E-state index < -0.39 is 20.7 Å². The third kappa shape index (κ3) is 2.87. The monoisotopic (exact) mass is 367 g/mol. The van der Waals surface area contributed by atoms with Crippen molar-refractivity contribution in [2.24, 2.45) is 5.14 Å². The number of halogens is 1. The van der Waals surface area contributed by atoms with Crippen LogP contribution in [0.15, 0.2) is 71.9 Å². The van der Waals surface area contributed by atoms with Crippen molar-refractivity contribution in [1.29, 1.82) is 0 Å². The Morgan fingerprint density at radius 2 is 1.69 bits per heavy atom. The van der Waals surface area contributed by atoms with Crippen molar-refractivity contribution >= 4 is 21.1 Å². The molecule has 4 rings (SSSR count). The molecule has 0 saturated carbocycles. The molecular formula is C19H14FN3O2S. The molecule has 0 fully saturated rings. The van der Waals surface area contributed by atoms with Crippen molar-refractivity contribution in [1.82, 2.24) is 9.97 Å². The van der Waals surface area contributed by atoms with Gasteiger partial charge in [-0.15, -0.1) is 0 Å². The normalized spacial score (nSPS) is 11.8. The molecule has 0 saturated heterocycles. The number of H-pyrrole nitrogens is 1. The van der Waals surface area contributed by atoms with E-state index in [-0.39, 0.29) is 5.56 Å². The Labute approximate surface area is 149 Å². The Bertz CT molecular complexity index is 1220. The van der Waals surface area contributed by atoms with E-state index in [4.69, 9.17) is 5.14 Å². The zero-order chi connectivity index (χ0) is 18.3. The summed E-state index contributed by atoms with van der Waals surface area (Å²) in [6.07, 6.45) is 3.58. The van der Waals surface area contributed by atoms with Crippen LogP contribution in [0.1, 0.15) is 0 Å². The van der Waals surface area contributed by atoms with Crippen LogP contribution in [0, 0.1) is 5.82 Å². The minimum absolute atomic E-state index is 0.235. The summed E-state index contributed by atoms with van der Waals surface area (Å²) in [5.41, 5.74) is 3.45. The molecule has 0 bridgehead atoms. The number of aromatic nitrogens is 2. The molecular weight excluding hydrogens is 353 g/mol. The molecule has 0 atom stereocenters. The highest BCUT2D eigenvalue weighted by atomic mass is 32.2. The number of pyridine rings is 1. The number of fused-ring (bicyclic) bond motifs is 1. The van der Waals surface area contributed by atoms with Gasteiger partial charge in [0.15, 0.2) is 0 Å². The molecule has 0 amide bonds. The minimum atomic E-state index is -4.18. The first-order valence-electron chi connectivity index (χ1n) is 7.79. The van der Waals surface area contributed by atoms with Gasteiger partial charge in [0.1, 0.15) is 16.4 Å². The van der Waals surface area contributed by atoms with E-state index in [1.54, 1.807) is 18.3 Å². The van der Waals surface area contributed by atoms with Crippen molar-refractivity contribution in [2.75, 3.05) is 0 Å². The number of rotatable bonds is 3. The number of hydrogen-bond acceptors (Lipinski definition) is 3. The number of sulfonamides is 1. The second kappa shape index (κ2) is 6.05. The number of benzene rings is 2. The fourth-order valence-corrected chi connectivity index (χ4v) is 3.80. The number of nitrogens with two attached hydrogens (primary N) is 1. The van der Waals surface area contributed by atoms with Crippen molar-refractivity contribution in [2.45, 2.75) is 4.90 Å². The van der Waals surface area contributed by atoms with E-state index in [1.807, 2.05) is 30.5 Å². The van der Waals surface area contributed by atoms with Gasteiger partial charge < -0.3 is 4.98 Å². The van der Waals surface area contributed by atoms with Crippen molar-refractivity contribution < 1.29 is 12.8 Å². The number of hydrogen-bond donors (Lipinski definition) is 2. The summed E-state index contributed by atoms with van der Waals surface area (Å²) in [6, 6.07) is 15.2. The molecule has 3 N–H and O–H groups in total. The summed E-state index contributed by atoms with van der Waals surface area (Å²) in [4.78, 5) is 6.90. The maximum absolute atomic E-state index is 14.0. The molecule has 2 aromatic carbocycles. The SMILES string of the molecule is NS(=O)(=O)c1c(F)cccc1-c1ccc(-c2cnc3[nH]ccc3c2)cc1. The molecule has 2 aromatic heterocycles. The lowest BCUT2D eigenvalue weighted by Crippen LogP contribution is -2.15. The van der Waals surface area contributed by atoms with Gasteiger partial charge in [-0.2, -0.15) is 0 Å². The molecule has 0 aliphatic heterocycles. The van der Waals surface area contributed by atoms with Crippen molar-refractivity contribution in [3.8, 4) is 22.3 Å². The molecule has 0 spiro atoms. The number of primary sulfonamides is 1. The topological polar surface area (TPSA) is 88.8 Å². The van der Waals surface area contributed by atoms with Crippen LogP contribution in [-0.4, -0.2) is 18.4 Å². The Morgan fingerprint density at radius 3 is 2.42 bits per heavy atom. The predicted octanol–water partition coefficient (Wildman–Crippen LogP) is 3.68. The zero-order valence-electron chi connectivity index (χ0n) is 13.5. The first-order valence-corrected chi connectivity index (χ1v) is 9.33. The van der Waals surface area contributed by atoms with Crippen LogP contribution in [0.25, 0.3) is 33.3 Å². The van der Waals surface area contributed by atoms with Gasteiger partial charge in [-0.1, -0.05) is 36.4 Å². The molecule has 5 nitrogen and oxygen atoms in total. The Balaban J connectivity index is 1.78. The highest BCUT2D eigenvalue weighted by Crippen LogP contribution is 2.31. The minimum Gasteiger partial charge on any atom is -0.346 e. The summed E-state index contributed by atoms with van der Waals surface area (Å²) in [5, 5.41) is 6.17. The third-order valence-corrected chi connectivity index (χ3v) is 5.16. The number of nitrogens with zero attached hydrogens (tertiary/aromatic N) is 1. The lowest BCUT2D eigenvalue weighted by Gasteiger charge is -2.10. The second-order valence-electron chi connectivity index (χ2n) is 5.88. The predicted molar refractivity (Wildman–Crippen MR) is 98.3 cm³/mol. The highest BCUT2D eigenvalue weighted by Gasteiger charge is 2.20. The highest BCUT2D eigenvalue weighted by molar-refractivity contribution is 7.89. The maximum Gasteiger partial charge on any atom is 0.241 e. The molecule has 0 radical (unpaired) electrons. The van der Waals surface area contributed by atoms with Gasteiger partial charge in [0.2, 0.25) is 10.0 Å². The van der Waals surface area contributed by atoms with E-state index in [9.17, 15) is 12.8 Å². The van der Waals surface area contributed by atoms with Gasteiger partial charge in [-0.05, 0) is 29.3 Å². The molecule has 4 aromatic rings. The van der Waals surface area contributed by atoms with Crippen LogP contribution in [0.2, 0.25) is 0 Å². The van der Waals surface area contributed by atoms with E-state index in [0.717, 1.165) is 28.2 Å². The molecule has 7 heteroatoms. The average Bonchev–Trinajstić information content (AvgIpc) is 3.08. The van der Waals surface area contributed by atoms with Gasteiger partial charge in [-0.3, -0.25) is 0 Å². The number of nitrogens with one attached hydrogen (secondary N) is 1. The van der Waals surface area contributed by atoms with Gasteiger partial charge in [0.25, 0.3) is 0 Å². The Hall–Kier alpha value is -3.03. The second-order valence-corrected chi connectivity index (χ2v) is 7.38. The first kappa shape index (κ1) is 16.4. The van der Waals surface area contributed by atoms with Crippen LogP contribution in [-0.2, 0) is 10.0 Å². The van der Waals surface area contributed by atoms with E-state index in [0.29, 0.717) is 5.56 Å². The first-order chi connectivity index (χ1) is 12.4. The summed E-state index contributed by atoms with van der Waals surface area (Å²) in [6.45, 7) is 0. The molecule has 0 aliphatic carbocycles. The Kier molecular flexibility index (Phi) is 3.82. The van der Waals surface area contributed by atoms with Crippen LogP contribution < -0.4 is 5.14 Å². The van der Waals surface area contributed by atoms with Crippen molar-refractivity contribution in [3.63, 3.8) is 0 Å². The molecule has 0 unspecified atom stereocenters. The largest absolute Gasteiger partial charge is 0.346 e. The quantitative estimate of drug-likeness (QED) is 0.579. The van der Waals surface area contributed by atoms with Gasteiger partial charge in [0, 0.05) is 28.9 Å². The lowest BCUT2D eigenvalue weighted by molar-refractivity contribution is 0.569. The summed E-state index contributed by atoms with van der Waals surface area (Å²) >= 11 is 0. The zero-order valence-corrected chi connectivity index (χ0v) is 14.3. The molecule has 26 heavy (non-hydrogen) atoms. The average molecular weight is 367 g/mol. The summed E-state index contributed by atoms with van der Waals surface area (Å²) < 4.78 is 37.5. The molecule has 130 valence electrons. The smallest absolute Gasteiger partial charge is 0.241 e. The fraction of sp³-hybridized carbons (Fsp3) is 0. The standard InChI is InChI=1S/C19H14FN3O2S/c20-17-3-1-2-16(18(17)26(21,24)25)13-6-4-12(5-7-13)15-10-14-8-9-22-19(14)23-11-15/h1-11H,(H,22,23)(H2,21,24,25). The van der Waals surface area contributed by atoms with E-state index in [1.165, 1.54) is 12.1 Å². The Morgan fingerprint density at radius 1 is 0.962 bits per heavy atom. The summed E-state index contributed by atoms with van der Waals surface area (Å²) in [5.74, 6) is -0.865. The van der Waals surface area contributed by atoms with Crippen LogP contribution in [0.4, 0.5) is 4.39 Å². The summed E-state index contributed by atoms with van der Waals surface area (Å²) in [7, 11) is -4.18. The fourth-order valence-electron chi connectivity index (χ4n) is 2.97. The number of aromatic amines is 1. The molecule has 2 heterocycles. The van der Waals surface area contributed by atoms with Crippen LogP contribution >= 0.6 is 0 Å². The maximum atomic E-state index is 14.0. The van der Waals surface area contributed by atoms with Gasteiger partial charge >= 0.3 is 0 Å². The van der Waals surface area contributed by atoms with Gasteiger partial charge in [0.05, 0.1) is 0 Å². The third-order valence-electron chi connectivity index (χ3n) is 4.18. The molecule has 0 aliphatic rings. The van der Waals surface area contributed by atoms with Crippen LogP contribution in [0.3, 0.4) is 0 Å². The van der Waals surface area contributed by atoms with Gasteiger partial charge in [-0.25, -0.2) is 22.9 Å². The lowest BCUT2D eigenvalue weighted by atomic mass is 10.0. The van der Waals surface area contributed by atoms with E-state index >= 15 is 0 Å².